The molecule has 0 saturated carbocycles. The van der Waals surface area contributed by atoms with Gasteiger partial charge in [-0.2, -0.15) is 0 Å². The highest BCUT2D eigenvalue weighted by atomic mass is 35.5. The van der Waals surface area contributed by atoms with Gasteiger partial charge in [0.25, 0.3) is 0 Å². The first-order valence-corrected chi connectivity index (χ1v) is 4.74. The van der Waals surface area contributed by atoms with Crippen molar-refractivity contribution in [1.29, 1.82) is 0 Å². The number of carbonyl (C=O) groups is 2. The summed E-state index contributed by atoms with van der Waals surface area (Å²) >= 11 is 5.83. The second-order valence-electron chi connectivity index (χ2n) is 3.17. The fraction of sp³-hybridized carbons (Fsp3) is 0.0909. The Balaban J connectivity index is 3.27. The zero-order valence-corrected chi connectivity index (χ0v) is 9.15. The summed E-state index contributed by atoms with van der Waals surface area (Å²) in [5, 5.41) is 17.8. The van der Waals surface area contributed by atoms with Crippen LogP contribution in [0.1, 0.15) is 11.1 Å². The van der Waals surface area contributed by atoms with E-state index >= 15 is 0 Å². The number of benzene rings is 1. The third-order valence-corrected chi connectivity index (χ3v) is 2.39. The highest BCUT2D eigenvalue weighted by Gasteiger charge is 2.13. The van der Waals surface area contributed by atoms with Gasteiger partial charge in [-0.3, -0.25) is 0 Å². The Bertz CT molecular complexity index is 477. The SMILES string of the molecule is Cc1ccc(/C(=C\C(=O)O)C(=O)O)cc1Cl. The van der Waals surface area contributed by atoms with Gasteiger partial charge >= 0.3 is 11.9 Å². The van der Waals surface area contributed by atoms with Gasteiger partial charge in [0.05, 0.1) is 5.57 Å². The minimum Gasteiger partial charge on any atom is -0.478 e. The molecule has 0 spiro atoms. The molecular weight excluding hydrogens is 232 g/mol. The molecule has 84 valence electrons. The Morgan fingerprint density at radius 2 is 1.94 bits per heavy atom. The molecule has 16 heavy (non-hydrogen) atoms. The molecule has 0 fully saturated rings. The lowest BCUT2D eigenvalue weighted by Crippen LogP contribution is -2.03. The maximum absolute atomic E-state index is 10.9. The fourth-order valence-corrected chi connectivity index (χ4v) is 1.33. The zero-order chi connectivity index (χ0) is 12.3. The molecule has 0 aliphatic rings. The molecule has 0 radical (unpaired) electrons. The van der Waals surface area contributed by atoms with Crippen LogP contribution in [0, 0.1) is 6.92 Å². The van der Waals surface area contributed by atoms with Crippen LogP contribution in [0.15, 0.2) is 24.3 Å². The van der Waals surface area contributed by atoms with Crippen molar-refractivity contribution in [1.82, 2.24) is 0 Å². The molecule has 1 aromatic carbocycles. The first kappa shape index (κ1) is 12.3. The molecule has 1 rings (SSSR count). The molecule has 0 aliphatic carbocycles. The zero-order valence-electron chi connectivity index (χ0n) is 8.40. The van der Waals surface area contributed by atoms with Crippen molar-refractivity contribution in [3.63, 3.8) is 0 Å². The number of aliphatic carboxylic acids is 2. The van der Waals surface area contributed by atoms with Crippen LogP contribution in [0.5, 0.6) is 0 Å². The monoisotopic (exact) mass is 240 g/mol. The van der Waals surface area contributed by atoms with Gasteiger partial charge in [0, 0.05) is 11.1 Å². The van der Waals surface area contributed by atoms with E-state index in [-0.39, 0.29) is 11.1 Å². The summed E-state index contributed by atoms with van der Waals surface area (Å²) in [7, 11) is 0. The molecule has 0 atom stereocenters. The summed E-state index contributed by atoms with van der Waals surface area (Å²) < 4.78 is 0. The van der Waals surface area contributed by atoms with E-state index in [0.717, 1.165) is 5.56 Å². The smallest absolute Gasteiger partial charge is 0.336 e. The number of carboxylic acid groups (broad SMARTS) is 2. The van der Waals surface area contributed by atoms with E-state index in [9.17, 15) is 9.59 Å². The van der Waals surface area contributed by atoms with Gasteiger partial charge in [-0.15, -0.1) is 0 Å². The molecule has 0 heterocycles. The van der Waals surface area contributed by atoms with Crippen molar-refractivity contribution in [2.45, 2.75) is 6.92 Å². The van der Waals surface area contributed by atoms with Crippen LogP contribution in [0.25, 0.3) is 5.57 Å². The molecule has 2 N–H and O–H groups in total. The Kier molecular flexibility index (Phi) is 3.68. The molecule has 0 unspecified atom stereocenters. The molecule has 0 amide bonds. The quantitative estimate of drug-likeness (QED) is 0.795. The Hall–Kier alpha value is -1.81. The average Bonchev–Trinajstić information content (AvgIpc) is 2.18. The lowest BCUT2D eigenvalue weighted by molar-refractivity contribution is -0.133. The van der Waals surface area contributed by atoms with E-state index < -0.39 is 11.9 Å². The number of hydrogen-bond acceptors (Lipinski definition) is 2. The minimum atomic E-state index is -1.31. The number of hydrogen-bond donors (Lipinski definition) is 2. The van der Waals surface area contributed by atoms with Gasteiger partial charge in [0.2, 0.25) is 0 Å². The first-order chi connectivity index (χ1) is 7.41. The second kappa shape index (κ2) is 4.81. The highest BCUT2D eigenvalue weighted by Crippen LogP contribution is 2.22. The molecule has 1 aromatic rings. The second-order valence-corrected chi connectivity index (χ2v) is 3.57. The van der Waals surface area contributed by atoms with Crippen LogP contribution >= 0.6 is 11.6 Å². The van der Waals surface area contributed by atoms with Crippen molar-refractivity contribution in [3.8, 4) is 0 Å². The number of rotatable bonds is 3. The van der Waals surface area contributed by atoms with Crippen molar-refractivity contribution < 1.29 is 19.8 Å². The van der Waals surface area contributed by atoms with Crippen molar-refractivity contribution >= 4 is 29.1 Å². The van der Waals surface area contributed by atoms with E-state index in [1.165, 1.54) is 12.1 Å². The minimum absolute atomic E-state index is 0.269. The number of aryl methyl sites for hydroxylation is 1. The van der Waals surface area contributed by atoms with Crippen LogP contribution < -0.4 is 0 Å². The summed E-state index contributed by atoms with van der Waals surface area (Å²) in [5.41, 5.74) is 0.769. The molecule has 0 aromatic heterocycles. The van der Waals surface area contributed by atoms with Gasteiger partial charge in [0.1, 0.15) is 0 Å². The molecular formula is C11H9ClO4. The summed E-state index contributed by atoms with van der Waals surface area (Å²) in [5.74, 6) is -2.61. The van der Waals surface area contributed by atoms with E-state index in [0.29, 0.717) is 11.1 Å². The molecule has 5 heteroatoms. The van der Waals surface area contributed by atoms with E-state index in [1.807, 2.05) is 0 Å². The predicted octanol–water partition coefficient (Wildman–Crippen LogP) is 2.20. The van der Waals surface area contributed by atoms with Crippen LogP contribution in [0.2, 0.25) is 5.02 Å². The summed E-state index contributed by atoms with van der Waals surface area (Å²) in [6, 6.07) is 4.58. The first-order valence-electron chi connectivity index (χ1n) is 4.36. The predicted molar refractivity (Wildman–Crippen MR) is 59.4 cm³/mol. The molecule has 4 nitrogen and oxygen atoms in total. The normalized spacial score (nSPS) is 11.2. The Morgan fingerprint density at radius 1 is 1.31 bits per heavy atom. The van der Waals surface area contributed by atoms with E-state index in [4.69, 9.17) is 21.8 Å². The van der Waals surface area contributed by atoms with Crippen molar-refractivity contribution in [2.75, 3.05) is 0 Å². The number of carboxylic acids is 2. The largest absolute Gasteiger partial charge is 0.478 e. The highest BCUT2D eigenvalue weighted by molar-refractivity contribution is 6.32. The van der Waals surface area contributed by atoms with Crippen LogP contribution in [0.3, 0.4) is 0 Å². The summed E-state index contributed by atoms with van der Waals surface area (Å²) in [4.78, 5) is 21.3. The molecule has 0 bridgehead atoms. The Morgan fingerprint density at radius 3 is 2.38 bits per heavy atom. The van der Waals surface area contributed by atoms with Crippen LogP contribution in [-0.4, -0.2) is 22.2 Å². The maximum Gasteiger partial charge on any atom is 0.336 e. The molecule has 0 saturated heterocycles. The Labute approximate surface area is 96.8 Å². The van der Waals surface area contributed by atoms with E-state index in [2.05, 4.69) is 0 Å². The fourth-order valence-electron chi connectivity index (χ4n) is 1.15. The third-order valence-electron chi connectivity index (χ3n) is 1.98. The lowest BCUT2D eigenvalue weighted by Gasteiger charge is -2.04. The summed E-state index contributed by atoms with van der Waals surface area (Å²) in [6.07, 6.45) is 0.642. The van der Waals surface area contributed by atoms with Crippen LogP contribution in [-0.2, 0) is 9.59 Å². The van der Waals surface area contributed by atoms with Gasteiger partial charge in [0.15, 0.2) is 0 Å². The molecule has 0 aliphatic heterocycles. The topological polar surface area (TPSA) is 74.6 Å². The van der Waals surface area contributed by atoms with Crippen molar-refractivity contribution in [3.05, 3.63) is 40.4 Å². The number of halogens is 1. The van der Waals surface area contributed by atoms with Crippen LogP contribution in [0.4, 0.5) is 0 Å². The van der Waals surface area contributed by atoms with Gasteiger partial charge < -0.3 is 10.2 Å². The van der Waals surface area contributed by atoms with Gasteiger partial charge in [-0.1, -0.05) is 23.7 Å². The van der Waals surface area contributed by atoms with Gasteiger partial charge in [-0.05, 0) is 24.1 Å². The summed E-state index contributed by atoms with van der Waals surface area (Å²) in [6.45, 7) is 1.77. The lowest BCUT2D eigenvalue weighted by atomic mass is 10.0. The maximum atomic E-state index is 10.9. The van der Waals surface area contributed by atoms with Gasteiger partial charge in [-0.25, -0.2) is 9.59 Å². The standard InChI is InChI=1S/C11H9ClO4/c1-6-2-3-7(4-9(6)12)8(11(15)16)5-10(13)14/h2-5H,1H3,(H,13,14)(H,15,16)/b8-5+. The van der Waals surface area contributed by atoms with E-state index in [1.54, 1.807) is 13.0 Å². The third kappa shape index (κ3) is 2.84. The average molecular weight is 241 g/mol. The van der Waals surface area contributed by atoms with Crippen molar-refractivity contribution in [2.24, 2.45) is 0 Å².